The van der Waals surface area contributed by atoms with E-state index < -0.39 is 0 Å². The van der Waals surface area contributed by atoms with E-state index in [0.717, 1.165) is 34.4 Å². The fraction of sp³-hybridized carbons (Fsp3) is 0.115. The predicted octanol–water partition coefficient (Wildman–Crippen LogP) is 5.26. The van der Waals surface area contributed by atoms with Crippen molar-refractivity contribution in [3.63, 3.8) is 0 Å². The number of hydrogen-bond donors (Lipinski definition) is 1. The van der Waals surface area contributed by atoms with Gasteiger partial charge in [0.2, 0.25) is 5.91 Å². The molecule has 4 nitrogen and oxygen atoms in total. The highest BCUT2D eigenvalue weighted by Gasteiger charge is 2.29. The molecular formula is C26H23N3O. The number of benzene rings is 4. The first-order valence-electron chi connectivity index (χ1n) is 10.2. The molecule has 5 rings (SSSR count). The van der Waals surface area contributed by atoms with E-state index >= 15 is 0 Å². The molecule has 4 aromatic rings. The summed E-state index contributed by atoms with van der Waals surface area (Å²) in [5.41, 5.74) is 4.28. The average molecular weight is 393 g/mol. The Kier molecular flexibility index (Phi) is 4.81. The van der Waals surface area contributed by atoms with Crippen LogP contribution < -0.4 is 15.1 Å². The van der Waals surface area contributed by atoms with Gasteiger partial charge in [-0.1, -0.05) is 78.9 Å². The molecule has 4 aromatic carbocycles. The van der Waals surface area contributed by atoms with Crippen molar-refractivity contribution in [2.75, 3.05) is 28.3 Å². The number of amides is 1. The van der Waals surface area contributed by atoms with Crippen LogP contribution in [0.3, 0.4) is 0 Å². The zero-order chi connectivity index (χ0) is 20.3. The molecule has 1 heterocycles. The summed E-state index contributed by atoms with van der Waals surface area (Å²) in [4.78, 5) is 17.3. The van der Waals surface area contributed by atoms with E-state index in [-0.39, 0.29) is 12.5 Å². The van der Waals surface area contributed by atoms with E-state index in [9.17, 15) is 4.79 Å². The maximum absolute atomic E-state index is 13.2. The SMILES string of the molecule is O=C(CNc1cccc2ccccc12)N1CN(Cc2ccccc2)c2ccccc21. The zero-order valence-corrected chi connectivity index (χ0v) is 16.7. The third kappa shape index (κ3) is 3.48. The van der Waals surface area contributed by atoms with Gasteiger partial charge in [0.15, 0.2) is 0 Å². The lowest BCUT2D eigenvalue weighted by molar-refractivity contribution is -0.116. The number of carbonyl (C=O) groups is 1. The fourth-order valence-electron chi connectivity index (χ4n) is 4.08. The Morgan fingerprint density at radius 1 is 0.767 bits per heavy atom. The van der Waals surface area contributed by atoms with E-state index in [1.807, 2.05) is 65.6 Å². The number of rotatable bonds is 5. The first-order chi connectivity index (χ1) is 14.8. The Morgan fingerprint density at radius 3 is 2.33 bits per heavy atom. The average Bonchev–Trinajstić information content (AvgIpc) is 3.17. The van der Waals surface area contributed by atoms with Crippen LogP contribution in [0.25, 0.3) is 10.8 Å². The molecule has 1 aliphatic heterocycles. The van der Waals surface area contributed by atoms with Gasteiger partial charge >= 0.3 is 0 Å². The number of hydrogen-bond acceptors (Lipinski definition) is 3. The van der Waals surface area contributed by atoms with Crippen LogP contribution >= 0.6 is 0 Å². The molecule has 4 heteroatoms. The number of carbonyl (C=O) groups excluding carboxylic acids is 1. The Bertz CT molecular complexity index is 1180. The molecule has 0 aliphatic carbocycles. The second kappa shape index (κ2) is 7.91. The van der Waals surface area contributed by atoms with Crippen LogP contribution in [0.2, 0.25) is 0 Å². The van der Waals surface area contributed by atoms with Crippen LogP contribution in [0.1, 0.15) is 5.56 Å². The standard InChI is InChI=1S/C26H23N3O/c30-26(17-27-23-14-8-12-21-11-4-5-13-22(21)23)29-19-28(18-20-9-2-1-3-10-20)24-15-6-7-16-25(24)29/h1-16,27H,17-19H2. The molecule has 1 amide bonds. The number of nitrogens with zero attached hydrogens (tertiary/aromatic N) is 2. The molecule has 0 fully saturated rings. The highest BCUT2D eigenvalue weighted by Crippen LogP contribution is 2.36. The second-order valence-electron chi connectivity index (χ2n) is 7.52. The summed E-state index contributed by atoms with van der Waals surface area (Å²) in [5, 5.41) is 5.64. The predicted molar refractivity (Wildman–Crippen MR) is 124 cm³/mol. The molecule has 0 unspecified atom stereocenters. The maximum Gasteiger partial charge on any atom is 0.247 e. The molecule has 0 saturated heterocycles. The summed E-state index contributed by atoms with van der Waals surface area (Å²) in [7, 11) is 0. The first-order valence-corrected chi connectivity index (χ1v) is 10.2. The summed E-state index contributed by atoms with van der Waals surface area (Å²) in [6, 6.07) is 32.8. The van der Waals surface area contributed by atoms with E-state index in [4.69, 9.17) is 0 Å². The lowest BCUT2D eigenvalue weighted by atomic mass is 10.1. The normalized spacial score (nSPS) is 12.8. The zero-order valence-electron chi connectivity index (χ0n) is 16.7. The largest absolute Gasteiger partial charge is 0.376 e. The molecule has 30 heavy (non-hydrogen) atoms. The summed E-state index contributed by atoms with van der Waals surface area (Å²) in [5.74, 6) is 0.0611. The highest BCUT2D eigenvalue weighted by atomic mass is 16.2. The summed E-state index contributed by atoms with van der Waals surface area (Å²) in [6.45, 7) is 1.59. The van der Waals surface area contributed by atoms with E-state index in [1.54, 1.807) is 0 Å². The summed E-state index contributed by atoms with van der Waals surface area (Å²) in [6.07, 6.45) is 0. The smallest absolute Gasteiger partial charge is 0.247 e. The first kappa shape index (κ1) is 18.3. The van der Waals surface area contributed by atoms with Crippen molar-refractivity contribution in [1.29, 1.82) is 0 Å². The molecule has 0 saturated carbocycles. The third-order valence-corrected chi connectivity index (χ3v) is 5.56. The van der Waals surface area contributed by atoms with Crippen molar-refractivity contribution >= 4 is 33.7 Å². The molecule has 1 aliphatic rings. The van der Waals surface area contributed by atoms with E-state index in [2.05, 4.69) is 46.6 Å². The van der Waals surface area contributed by atoms with Gasteiger partial charge in [-0.2, -0.15) is 0 Å². The Labute approximate surface area is 176 Å². The van der Waals surface area contributed by atoms with Gasteiger partial charge in [0.1, 0.15) is 0 Å². The van der Waals surface area contributed by atoms with Crippen LogP contribution in [-0.2, 0) is 11.3 Å². The van der Waals surface area contributed by atoms with Crippen LogP contribution in [0.15, 0.2) is 97.1 Å². The van der Waals surface area contributed by atoms with Crippen LogP contribution in [0.5, 0.6) is 0 Å². The lowest BCUT2D eigenvalue weighted by Crippen LogP contribution is -2.38. The monoisotopic (exact) mass is 393 g/mol. The summed E-state index contributed by atoms with van der Waals surface area (Å²) < 4.78 is 0. The van der Waals surface area contributed by atoms with Crippen molar-refractivity contribution in [2.24, 2.45) is 0 Å². The van der Waals surface area contributed by atoms with Crippen molar-refractivity contribution in [1.82, 2.24) is 0 Å². The van der Waals surface area contributed by atoms with Gasteiger partial charge in [-0.3, -0.25) is 9.69 Å². The van der Waals surface area contributed by atoms with Gasteiger partial charge in [-0.05, 0) is 29.1 Å². The van der Waals surface area contributed by atoms with Crippen molar-refractivity contribution in [2.45, 2.75) is 6.54 Å². The number of anilines is 3. The molecule has 0 bridgehead atoms. The Hall–Kier alpha value is -3.79. The van der Waals surface area contributed by atoms with Crippen LogP contribution in [-0.4, -0.2) is 19.1 Å². The van der Waals surface area contributed by atoms with Gasteiger partial charge in [0.25, 0.3) is 0 Å². The molecule has 0 spiro atoms. The van der Waals surface area contributed by atoms with Gasteiger partial charge in [-0.15, -0.1) is 0 Å². The van der Waals surface area contributed by atoms with Gasteiger partial charge in [-0.25, -0.2) is 0 Å². The van der Waals surface area contributed by atoms with Gasteiger partial charge < -0.3 is 10.2 Å². The minimum Gasteiger partial charge on any atom is -0.376 e. The minimum atomic E-state index is 0.0611. The molecule has 148 valence electrons. The van der Waals surface area contributed by atoms with E-state index in [1.165, 1.54) is 5.56 Å². The molecule has 0 aromatic heterocycles. The van der Waals surface area contributed by atoms with Crippen molar-refractivity contribution in [3.05, 3.63) is 103 Å². The van der Waals surface area contributed by atoms with Crippen LogP contribution in [0, 0.1) is 0 Å². The maximum atomic E-state index is 13.2. The number of para-hydroxylation sites is 2. The van der Waals surface area contributed by atoms with Gasteiger partial charge in [0, 0.05) is 17.6 Å². The lowest BCUT2D eigenvalue weighted by Gasteiger charge is -2.21. The molecule has 0 atom stereocenters. The van der Waals surface area contributed by atoms with Crippen LogP contribution in [0.4, 0.5) is 17.1 Å². The molecular weight excluding hydrogens is 370 g/mol. The highest BCUT2D eigenvalue weighted by molar-refractivity contribution is 6.03. The van der Waals surface area contributed by atoms with Crippen molar-refractivity contribution < 1.29 is 4.79 Å². The number of nitrogens with one attached hydrogen (secondary N) is 1. The minimum absolute atomic E-state index is 0.0611. The Morgan fingerprint density at radius 2 is 1.47 bits per heavy atom. The Balaban J connectivity index is 1.34. The third-order valence-electron chi connectivity index (χ3n) is 5.56. The topological polar surface area (TPSA) is 35.6 Å². The van der Waals surface area contributed by atoms with Gasteiger partial charge in [0.05, 0.1) is 24.6 Å². The molecule has 1 N–H and O–H groups in total. The van der Waals surface area contributed by atoms with Crippen molar-refractivity contribution in [3.8, 4) is 0 Å². The summed E-state index contributed by atoms with van der Waals surface area (Å²) >= 11 is 0. The second-order valence-corrected chi connectivity index (χ2v) is 7.52. The quantitative estimate of drug-likeness (QED) is 0.502. The van der Waals surface area contributed by atoms with E-state index in [0.29, 0.717) is 6.67 Å². The molecule has 0 radical (unpaired) electrons. The fourth-order valence-corrected chi connectivity index (χ4v) is 4.08. The number of fused-ring (bicyclic) bond motifs is 2.